The first-order valence-corrected chi connectivity index (χ1v) is 9.15. The van der Waals surface area contributed by atoms with E-state index in [9.17, 15) is 18.0 Å². The lowest BCUT2D eigenvalue weighted by molar-refractivity contribution is -0.274. The molecule has 0 aliphatic rings. The summed E-state index contributed by atoms with van der Waals surface area (Å²) in [6, 6.07) is 5.60. The summed E-state index contributed by atoms with van der Waals surface area (Å²) in [5.74, 6) is -0.961. The minimum atomic E-state index is -4.79. The molecule has 0 unspecified atom stereocenters. The molecule has 0 spiro atoms. The quantitative estimate of drug-likeness (QED) is 0.635. The molecule has 5 nitrogen and oxygen atoms in total. The molecule has 0 aliphatic carbocycles. The average molecular weight is 398 g/mol. The van der Waals surface area contributed by atoms with Crippen molar-refractivity contribution in [2.45, 2.75) is 46.5 Å². The van der Waals surface area contributed by atoms with Gasteiger partial charge in [0, 0.05) is 36.7 Å². The third-order valence-electron chi connectivity index (χ3n) is 4.44. The Balaban J connectivity index is 2.53. The Morgan fingerprint density at radius 2 is 1.96 bits per heavy atom. The summed E-state index contributed by atoms with van der Waals surface area (Å²) < 4.78 is 49.2. The number of rotatable bonds is 9. The fourth-order valence-corrected chi connectivity index (χ4v) is 3.40. The molecule has 2 N–H and O–H groups in total. The summed E-state index contributed by atoms with van der Waals surface area (Å²) >= 11 is 0. The van der Waals surface area contributed by atoms with Gasteiger partial charge in [-0.3, -0.25) is 4.79 Å². The van der Waals surface area contributed by atoms with Crippen LogP contribution in [-0.2, 0) is 17.7 Å². The van der Waals surface area contributed by atoms with Crippen molar-refractivity contribution in [3.8, 4) is 16.9 Å². The van der Waals surface area contributed by atoms with E-state index >= 15 is 0 Å². The largest absolute Gasteiger partial charge is 0.573 e. The predicted octanol–water partition coefficient (Wildman–Crippen LogP) is 4.45. The summed E-state index contributed by atoms with van der Waals surface area (Å²) in [6.45, 7) is 7.45. The predicted molar refractivity (Wildman–Crippen MR) is 100 cm³/mol. The first-order valence-electron chi connectivity index (χ1n) is 9.15. The number of carbonyl (C=O) groups is 1. The number of alkyl halides is 3. The van der Waals surface area contributed by atoms with Crippen LogP contribution in [-0.4, -0.2) is 30.1 Å². The molecule has 1 aromatic carbocycles. The van der Waals surface area contributed by atoms with Crippen LogP contribution in [0.15, 0.2) is 24.3 Å². The number of benzene rings is 1. The van der Waals surface area contributed by atoms with Crippen LogP contribution < -0.4 is 10.5 Å². The molecule has 2 rings (SSSR count). The Morgan fingerprint density at radius 1 is 1.25 bits per heavy atom. The van der Waals surface area contributed by atoms with Crippen molar-refractivity contribution in [2.75, 3.05) is 13.2 Å². The van der Waals surface area contributed by atoms with Gasteiger partial charge in [-0.05, 0) is 44.4 Å². The lowest BCUT2D eigenvalue weighted by Gasteiger charge is -2.13. The second kappa shape index (κ2) is 9.14. The molecular weight excluding hydrogens is 373 g/mol. The Bertz CT molecular complexity index is 829. The maximum absolute atomic E-state index is 12.6. The topological polar surface area (TPSA) is 66.5 Å². The summed E-state index contributed by atoms with van der Waals surface area (Å²) in [6.07, 6.45) is -3.46. The van der Waals surface area contributed by atoms with Crippen molar-refractivity contribution in [2.24, 2.45) is 5.73 Å². The van der Waals surface area contributed by atoms with E-state index in [0.717, 1.165) is 12.1 Å². The maximum Gasteiger partial charge on any atom is 0.573 e. The number of hydrogen-bond donors (Lipinski definition) is 1. The molecule has 0 aliphatic heterocycles. The van der Waals surface area contributed by atoms with E-state index in [1.54, 1.807) is 13.0 Å². The van der Waals surface area contributed by atoms with E-state index in [-0.39, 0.29) is 5.75 Å². The first-order chi connectivity index (χ1) is 13.2. The number of halogens is 3. The molecule has 1 heterocycles. The lowest BCUT2D eigenvalue weighted by Crippen LogP contribution is -2.17. The van der Waals surface area contributed by atoms with Gasteiger partial charge in [-0.1, -0.05) is 19.1 Å². The van der Waals surface area contributed by atoms with Crippen molar-refractivity contribution in [3.63, 3.8) is 0 Å². The van der Waals surface area contributed by atoms with Crippen LogP contribution >= 0.6 is 0 Å². The molecular formula is C20H25F3N2O3. The van der Waals surface area contributed by atoms with E-state index in [2.05, 4.69) is 4.74 Å². The molecule has 0 saturated carbocycles. The van der Waals surface area contributed by atoms with Crippen molar-refractivity contribution in [3.05, 3.63) is 41.2 Å². The molecule has 28 heavy (non-hydrogen) atoms. The second-order valence-electron chi connectivity index (χ2n) is 6.28. The number of hydrogen-bond acceptors (Lipinski definition) is 3. The molecule has 8 heteroatoms. The van der Waals surface area contributed by atoms with Gasteiger partial charge in [-0.2, -0.15) is 0 Å². The van der Waals surface area contributed by atoms with Gasteiger partial charge in [0.15, 0.2) is 0 Å². The average Bonchev–Trinajstić information content (AvgIpc) is 2.89. The van der Waals surface area contributed by atoms with Crippen LogP contribution in [0, 0.1) is 6.92 Å². The van der Waals surface area contributed by atoms with Crippen molar-refractivity contribution in [1.29, 1.82) is 0 Å². The first kappa shape index (κ1) is 21.8. The molecule has 0 bridgehead atoms. The zero-order chi connectivity index (χ0) is 20.9. The van der Waals surface area contributed by atoms with Gasteiger partial charge in [0.2, 0.25) is 0 Å². The van der Waals surface area contributed by atoms with Crippen LogP contribution in [0.5, 0.6) is 5.75 Å². The Kier molecular flexibility index (Phi) is 7.12. The molecule has 0 fully saturated rings. The molecule has 0 saturated heterocycles. The van der Waals surface area contributed by atoms with E-state index in [4.69, 9.17) is 10.5 Å². The number of carbonyl (C=O) groups excluding carboxylic acids is 1. The van der Waals surface area contributed by atoms with Crippen LogP contribution in [0.2, 0.25) is 0 Å². The smallest absolute Gasteiger partial charge is 0.406 e. The number of aromatic nitrogens is 1. The maximum atomic E-state index is 12.6. The van der Waals surface area contributed by atoms with E-state index in [0.29, 0.717) is 48.6 Å². The van der Waals surface area contributed by atoms with Crippen molar-refractivity contribution >= 4 is 5.91 Å². The van der Waals surface area contributed by atoms with Gasteiger partial charge in [-0.15, -0.1) is 13.2 Å². The molecule has 1 aromatic heterocycles. The van der Waals surface area contributed by atoms with E-state index in [1.165, 1.54) is 18.2 Å². The number of nitrogens with two attached hydrogens (primary N) is 1. The van der Waals surface area contributed by atoms with Gasteiger partial charge in [0.05, 0.1) is 5.56 Å². The molecule has 154 valence electrons. The van der Waals surface area contributed by atoms with Gasteiger partial charge < -0.3 is 19.8 Å². The van der Waals surface area contributed by atoms with Gasteiger partial charge in [0.25, 0.3) is 5.91 Å². The van der Waals surface area contributed by atoms with Gasteiger partial charge in [-0.25, -0.2) is 0 Å². The summed E-state index contributed by atoms with van der Waals surface area (Å²) in [5.41, 5.74) is 8.48. The second-order valence-corrected chi connectivity index (χ2v) is 6.28. The summed E-state index contributed by atoms with van der Waals surface area (Å²) in [7, 11) is 0. The SMILES string of the molecule is CCOCCCn1c(C)c(C(N)=O)c(-c2cccc(OC(F)(F)F)c2)c1CC. The third-order valence-corrected chi connectivity index (χ3v) is 4.44. The van der Waals surface area contributed by atoms with Crippen LogP contribution in [0.4, 0.5) is 13.2 Å². The Morgan fingerprint density at radius 3 is 2.54 bits per heavy atom. The standard InChI is InChI=1S/C20H25F3N2O3/c1-4-16-18(14-8-6-9-15(12-14)28-20(21,22)23)17(19(24)26)13(3)25(16)10-7-11-27-5-2/h6,8-9,12H,4-5,7,10-11H2,1-3H3,(H2,24,26). The van der Waals surface area contributed by atoms with Crippen LogP contribution in [0.1, 0.15) is 42.0 Å². The summed E-state index contributed by atoms with van der Waals surface area (Å²) in [5, 5.41) is 0. The highest BCUT2D eigenvalue weighted by molar-refractivity contribution is 6.02. The Hall–Kier alpha value is -2.48. The van der Waals surface area contributed by atoms with E-state index < -0.39 is 12.3 Å². The molecule has 0 radical (unpaired) electrons. The molecule has 0 atom stereocenters. The number of primary amides is 1. The zero-order valence-corrected chi connectivity index (χ0v) is 16.2. The number of nitrogens with zero attached hydrogens (tertiary/aromatic N) is 1. The Labute approximate surface area is 162 Å². The minimum Gasteiger partial charge on any atom is -0.406 e. The monoisotopic (exact) mass is 398 g/mol. The third kappa shape index (κ3) is 5.07. The van der Waals surface area contributed by atoms with Crippen molar-refractivity contribution < 1.29 is 27.4 Å². The molecule has 2 aromatic rings. The number of amides is 1. The summed E-state index contributed by atoms with van der Waals surface area (Å²) in [4.78, 5) is 12.2. The normalized spacial score (nSPS) is 11.6. The zero-order valence-electron chi connectivity index (χ0n) is 16.2. The van der Waals surface area contributed by atoms with E-state index in [1.807, 2.05) is 18.4 Å². The molecule has 1 amide bonds. The lowest BCUT2D eigenvalue weighted by atomic mass is 9.98. The highest BCUT2D eigenvalue weighted by Crippen LogP contribution is 2.36. The van der Waals surface area contributed by atoms with Crippen LogP contribution in [0.25, 0.3) is 11.1 Å². The highest BCUT2D eigenvalue weighted by Gasteiger charge is 2.31. The highest BCUT2D eigenvalue weighted by atomic mass is 19.4. The minimum absolute atomic E-state index is 0.317. The van der Waals surface area contributed by atoms with Gasteiger partial charge in [0.1, 0.15) is 5.75 Å². The van der Waals surface area contributed by atoms with Gasteiger partial charge >= 0.3 is 6.36 Å². The fraction of sp³-hybridized carbons (Fsp3) is 0.450. The van der Waals surface area contributed by atoms with Crippen molar-refractivity contribution in [1.82, 2.24) is 4.57 Å². The van der Waals surface area contributed by atoms with Crippen LogP contribution in [0.3, 0.4) is 0 Å². The number of ether oxygens (including phenoxy) is 2. The fourth-order valence-electron chi connectivity index (χ4n) is 3.40.